The first kappa shape index (κ1) is 21.4. The summed E-state index contributed by atoms with van der Waals surface area (Å²) in [5.41, 5.74) is 2.44. The van der Waals surface area contributed by atoms with Gasteiger partial charge in [-0.25, -0.2) is 0 Å². The molecule has 0 aromatic carbocycles. The molecule has 0 heterocycles. The van der Waals surface area contributed by atoms with Crippen LogP contribution in [-0.2, 0) is 0 Å². The van der Waals surface area contributed by atoms with Crippen LogP contribution < -0.4 is 0 Å². The summed E-state index contributed by atoms with van der Waals surface area (Å²) < 4.78 is 0. The Labute approximate surface area is 178 Å². The fourth-order valence-electron chi connectivity index (χ4n) is 9.03. The molecule has 4 fully saturated rings. The standard InChI is InChI=1S/C27H50Si/c1-3-4-5-6-7-12-21-28(2,26-19-17-22-13-8-10-15-24(22)26)27-20-18-23-14-9-11-16-25(23)27/h22-27H,3-21H2,1-2H3. The first-order chi connectivity index (χ1) is 13.7. The second-order valence-corrected chi connectivity index (χ2v) is 16.8. The topological polar surface area (TPSA) is 0 Å². The molecule has 0 spiro atoms. The van der Waals surface area contributed by atoms with E-state index in [1.54, 1.807) is 95.9 Å². The third-order valence-corrected chi connectivity index (χ3v) is 16.7. The Morgan fingerprint density at radius 1 is 0.571 bits per heavy atom. The van der Waals surface area contributed by atoms with Crippen LogP contribution in [0.3, 0.4) is 0 Å². The molecule has 1 heteroatoms. The number of hydrogen-bond acceptors (Lipinski definition) is 0. The van der Waals surface area contributed by atoms with Gasteiger partial charge in [0.2, 0.25) is 0 Å². The molecule has 4 rings (SSSR count). The Morgan fingerprint density at radius 3 is 1.64 bits per heavy atom. The minimum Gasteiger partial charge on any atom is -0.0687 e. The Kier molecular flexibility index (Phi) is 7.67. The molecule has 6 atom stereocenters. The van der Waals surface area contributed by atoms with E-state index < -0.39 is 8.07 Å². The van der Waals surface area contributed by atoms with Crippen molar-refractivity contribution in [1.29, 1.82) is 0 Å². The first-order valence-corrected chi connectivity index (χ1v) is 16.6. The summed E-state index contributed by atoms with van der Waals surface area (Å²) in [7, 11) is -1.17. The molecule has 0 nitrogen and oxygen atoms in total. The van der Waals surface area contributed by atoms with Gasteiger partial charge in [-0.15, -0.1) is 0 Å². The van der Waals surface area contributed by atoms with Crippen molar-refractivity contribution >= 4 is 8.07 Å². The molecule has 4 aliphatic rings. The molecule has 0 amide bonds. The SMILES string of the molecule is CCCCCCCC[Si](C)(C1CCC2CCCCC21)C1CCC2CCCCC21. The van der Waals surface area contributed by atoms with E-state index in [1.807, 2.05) is 0 Å². The number of unbranched alkanes of at least 4 members (excludes halogenated alkanes) is 5. The van der Waals surface area contributed by atoms with Gasteiger partial charge in [-0.2, -0.15) is 0 Å². The van der Waals surface area contributed by atoms with Crippen LogP contribution in [0.2, 0.25) is 23.7 Å². The largest absolute Gasteiger partial charge is 0.0687 e. The van der Waals surface area contributed by atoms with E-state index in [9.17, 15) is 0 Å². The molecule has 0 saturated heterocycles. The number of hydrogen-bond donors (Lipinski definition) is 0. The molecule has 0 aromatic heterocycles. The van der Waals surface area contributed by atoms with Crippen molar-refractivity contribution in [3.05, 3.63) is 0 Å². The van der Waals surface area contributed by atoms with Crippen molar-refractivity contribution < 1.29 is 0 Å². The summed E-state index contributed by atoms with van der Waals surface area (Å²) in [6.45, 7) is 5.33. The van der Waals surface area contributed by atoms with E-state index in [-0.39, 0.29) is 0 Å². The molecule has 6 unspecified atom stereocenters. The van der Waals surface area contributed by atoms with Crippen LogP contribution in [0.15, 0.2) is 0 Å². The van der Waals surface area contributed by atoms with Gasteiger partial charge in [-0.3, -0.25) is 0 Å². The smallest absolute Gasteiger partial charge is 0.0572 e. The molecule has 4 aliphatic carbocycles. The maximum Gasteiger partial charge on any atom is 0.0572 e. The highest BCUT2D eigenvalue weighted by atomic mass is 28.3. The van der Waals surface area contributed by atoms with Crippen LogP contribution in [0, 0.1) is 23.7 Å². The number of rotatable bonds is 9. The predicted molar refractivity (Wildman–Crippen MR) is 127 cm³/mol. The second-order valence-electron chi connectivity index (χ2n) is 11.8. The predicted octanol–water partition coefficient (Wildman–Crippen LogP) is 9.37. The average molecular weight is 403 g/mol. The van der Waals surface area contributed by atoms with Gasteiger partial charge in [0.05, 0.1) is 8.07 Å². The third-order valence-electron chi connectivity index (χ3n) is 10.4. The lowest BCUT2D eigenvalue weighted by molar-refractivity contribution is 0.262. The van der Waals surface area contributed by atoms with Gasteiger partial charge < -0.3 is 0 Å². The zero-order valence-corrected chi connectivity index (χ0v) is 20.4. The molecule has 28 heavy (non-hydrogen) atoms. The Morgan fingerprint density at radius 2 is 1.07 bits per heavy atom. The lowest BCUT2D eigenvalue weighted by Gasteiger charge is -2.47. The summed E-state index contributed by atoms with van der Waals surface area (Å²) in [5, 5.41) is 0. The summed E-state index contributed by atoms with van der Waals surface area (Å²) in [4.78, 5) is 0. The molecular formula is C27H50Si. The van der Waals surface area contributed by atoms with Gasteiger partial charge in [0.25, 0.3) is 0 Å². The maximum atomic E-state index is 2.97. The summed E-state index contributed by atoms with van der Waals surface area (Å²) in [5.74, 6) is 4.65. The molecule has 162 valence electrons. The molecule has 0 aromatic rings. The fourth-order valence-corrected chi connectivity index (χ4v) is 15.8. The summed E-state index contributed by atoms with van der Waals surface area (Å²) in [6, 6.07) is 1.71. The van der Waals surface area contributed by atoms with E-state index in [1.165, 1.54) is 48.6 Å². The molecule has 0 aliphatic heterocycles. The van der Waals surface area contributed by atoms with Crippen molar-refractivity contribution in [3.8, 4) is 0 Å². The van der Waals surface area contributed by atoms with Crippen LogP contribution in [0.4, 0.5) is 0 Å². The van der Waals surface area contributed by atoms with Crippen molar-refractivity contribution in [2.45, 2.75) is 146 Å². The molecule has 0 N–H and O–H groups in total. The Bertz CT molecular complexity index is 439. The molecule has 4 saturated carbocycles. The minimum atomic E-state index is -1.17. The molecule has 0 bridgehead atoms. The third kappa shape index (κ3) is 4.45. The van der Waals surface area contributed by atoms with E-state index in [0.717, 1.165) is 11.8 Å². The highest BCUT2D eigenvalue weighted by Gasteiger charge is 2.55. The summed E-state index contributed by atoms with van der Waals surface area (Å²) in [6.07, 6.45) is 28.2. The van der Waals surface area contributed by atoms with Crippen LogP contribution in [0.5, 0.6) is 0 Å². The zero-order chi connectivity index (χ0) is 19.4. The van der Waals surface area contributed by atoms with Crippen molar-refractivity contribution in [2.75, 3.05) is 0 Å². The van der Waals surface area contributed by atoms with Crippen molar-refractivity contribution in [1.82, 2.24) is 0 Å². The Balaban J connectivity index is 1.46. The fraction of sp³-hybridized carbons (Fsp3) is 1.00. The van der Waals surface area contributed by atoms with Gasteiger partial charge in [0.15, 0.2) is 0 Å². The highest BCUT2D eigenvalue weighted by molar-refractivity contribution is 6.81. The second kappa shape index (κ2) is 10.0. The van der Waals surface area contributed by atoms with Crippen molar-refractivity contribution in [3.63, 3.8) is 0 Å². The van der Waals surface area contributed by atoms with E-state index >= 15 is 0 Å². The quantitative estimate of drug-likeness (QED) is 0.266. The van der Waals surface area contributed by atoms with Crippen LogP contribution in [0.1, 0.15) is 122 Å². The van der Waals surface area contributed by atoms with Gasteiger partial charge in [0, 0.05) is 0 Å². The van der Waals surface area contributed by atoms with E-state index in [4.69, 9.17) is 0 Å². The normalized spacial score (nSPS) is 40.1. The first-order valence-electron chi connectivity index (χ1n) is 13.7. The van der Waals surface area contributed by atoms with Crippen LogP contribution in [0.25, 0.3) is 0 Å². The number of fused-ring (bicyclic) bond motifs is 2. The lowest BCUT2D eigenvalue weighted by atomic mass is 9.81. The van der Waals surface area contributed by atoms with Gasteiger partial charge >= 0.3 is 0 Å². The van der Waals surface area contributed by atoms with Crippen molar-refractivity contribution in [2.24, 2.45) is 23.7 Å². The average Bonchev–Trinajstić information content (AvgIpc) is 3.35. The van der Waals surface area contributed by atoms with Crippen LogP contribution >= 0.6 is 0 Å². The minimum absolute atomic E-state index is 1.15. The highest BCUT2D eigenvalue weighted by Crippen LogP contribution is 2.62. The molecule has 0 radical (unpaired) electrons. The Hall–Kier alpha value is 0.217. The van der Waals surface area contributed by atoms with E-state index in [0.29, 0.717) is 0 Å². The lowest BCUT2D eigenvalue weighted by Crippen LogP contribution is -2.46. The van der Waals surface area contributed by atoms with E-state index in [2.05, 4.69) is 13.5 Å². The summed E-state index contributed by atoms with van der Waals surface area (Å²) >= 11 is 0. The zero-order valence-electron chi connectivity index (χ0n) is 19.4. The van der Waals surface area contributed by atoms with Gasteiger partial charge in [-0.05, 0) is 34.8 Å². The van der Waals surface area contributed by atoms with Crippen LogP contribution in [-0.4, -0.2) is 8.07 Å². The van der Waals surface area contributed by atoms with Gasteiger partial charge in [-0.1, -0.05) is 135 Å². The monoisotopic (exact) mass is 402 g/mol. The molecular weight excluding hydrogens is 352 g/mol. The maximum absolute atomic E-state index is 2.97. The van der Waals surface area contributed by atoms with Gasteiger partial charge in [0.1, 0.15) is 0 Å².